The fraction of sp³-hybridized carbons (Fsp3) is 0.417. The van der Waals surface area contributed by atoms with Crippen LogP contribution in [0.15, 0.2) is 18.2 Å². The van der Waals surface area contributed by atoms with Gasteiger partial charge in [-0.1, -0.05) is 13.8 Å². The molecule has 80 valence electrons. The van der Waals surface area contributed by atoms with E-state index in [1.807, 2.05) is 0 Å². The molecule has 0 aromatic heterocycles. The first-order chi connectivity index (χ1) is 7.21. The second-order valence-electron chi connectivity index (χ2n) is 3.37. The number of halogens is 1. The van der Waals surface area contributed by atoms with E-state index < -0.39 is 0 Å². The van der Waals surface area contributed by atoms with Gasteiger partial charge in [0.25, 0.3) is 0 Å². The van der Waals surface area contributed by atoms with Gasteiger partial charge in [-0.15, -0.1) is 0 Å². The molecule has 0 spiro atoms. The van der Waals surface area contributed by atoms with E-state index >= 15 is 0 Å². The van der Waals surface area contributed by atoms with Crippen LogP contribution in [0.1, 0.15) is 25.0 Å². The highest BCUT2D eigenvalue weighted by atomic mass is 19.1. The third kappa shape index (κ3) is 3.03. The van der Waals surface area contributed by atoms with Crippen LogP contribution >= 0.6 is 0 Å². The van der Waals surface area contributed by atoms with Gasteiger partial charge in [-0.25, -0.2) is 4.39 Å². The van der Waals surface area contributed by atoms with Gasteiger partial charge in [0.1, 0.15) is 5.82 Å². The van der Waals surface area contributed by atoms with Crippen LogP contribution in [0.4, 0.5) is 4.39 Å². The maximum Gasteiger partial charge on any atom is 0.123 e. The van der Waals surface area contributed by atoms with Gasteiger partial charge in [0.2, 0.25) is 0 Å². The van der Waals surface area contributed by atoms with Crippen LogP contribution in [0, 0.1) is 17.1 Å². The molecule has 15 heavy (non-hydrogen) atoms. The fourth-order valence-electron chi connectivity index (χ4n) is 1.49. The Labute approximate surface area is 89.9 Å². The summed E-state index contributed by atoms with van der Waals surface area (Å²) in [6.07, 6.45) is 0. The molecule has 0 fully saturated rings. The summed E-state index contributed by atoms with van der Waals surface area (Å²) in [4.78, 5) is 2.15. The van der Waals surface area contributed by atoms with Crippen LogP contribution < -0.4 is 0 Å². The summed E-state index contributed by atoms with van der Waals surface area (Å²) in [5, 5.41) is 8.88. The molecule has 0 bridgehead atoms. The second-order valence-corrected chi connectivity index (χ2v) is 3.37. The third-order valence-electron chi connectivity index (χ3n) is 2.48. The SMILES string of the molecule is CCN(CC)Cc1cc(F)ccc1C#N. The van der Waals surface area contributed by atoms with Gasteiger partial charge >= 0.3 is 0 Å². The van der Waals surface area contributed by atoms with Gasteiger partial charge in [-0.2, -0.15) is 5.26 Å². The molecule has 2 nitrogen and oxygen atoms in total. The van der Waals surface area contributed by atoms with Crippen molar-refractivity contribution >= 4 is 0 Å². The normalized spacial score (nSPS) is 10.3. The highest BCUT2D eigenvalue weighted by Crippen LogP contribution is 2.12. The molecule has 3 heteroatoms. The van der Waals surface area contributed by atoms with Crippen molar-refractivity contribution in [2.45, 2.75) is 20.4 Å². The molecular formula is C12H15FN2. The number of hydrogen-bond acceptors (Lipinski definition) is 2. The van der Waals surface area contributed by atoms with Crippen molar-refractivity contribution in [3.05, 3.63) is 35.1 Å². The van der Waals surface area contributed by atoms with Crippen LogP contribution in [-0.4, -0.2) is 18.0 Å². The van der Waals surface area contributed by atoms with Gasteiger partial charge < -0.3 is 0 Å². The molecule has 1 aromatic rings. The monoisotopic (exact) mass is 206 g/mol. The molecule has 0 saturated heterocycles. The summed E-state index contributed by atoms with van der Waals surface area (Å²) in [5.41, 5.74) is 1.32. The molecule has 0 radical (unpaired) electrons. The van der Waals surface area contributed by atoms with Gasteiger partial charge in [0, 0.05) is 6.54 Å². The van der Waals surface area contributed by atoms with Crippen molar-refractivity contribution in [1.29, 1.82) is 5.26 Å². The smallest absolute Gasteiger partial charge is 0.123 e. The van der Waals surface area contributed by atoms with Crippen molar-refractivity contribution in [3.8, 4) is 6.07 Å². The van der Waals surface area contributed by atoms with Crippen LogP contribution in [0.25, 0.3) is 0 Å². The summed E-state index contributed by atoms with van der Waals surface area (Å²) in [5.74, 6) is -0.281. The van der Waals surface area contributed by atoms with E-state index in [9.17, 15) is 4.39 Å². The van der Waals surface area contributed by atoms with E-state index in [2.05, 4.69) is 24.8 Å². The number of nitriles is 1. The maximum absolute atomic E-state index is 13.0. The van der Waals surface area contributed by atoms with Crippen molar-refractivity contribution in [2.75, 3.05) is 13.1 Å². The lowest BCUT2D eigenvalue weighted by molar-refractivity contribution is 0.295. The summed E-state index contributed by atoms with van der Waals surface area (Å²) < 4.78 is 13.0. The lowest BCUT2D eigenvalue weighted by atomic mass is 10.1. The Bertz CT molecular complexity index is 364. The van der Waals surface area contributed by atoms with Crippen molar-refractivity contribution in [2.24, 2.45) is 0 Å². The molecule has 0 aliphatic heterocycles. The molecule has 0 aliphatic carbocycles. The van der Waals surface area contributed by atoms with E-state index in [1.54, 1.807) is 0 Å². The lowest BCUT2D eigenvalue weighted by Crippen LogP contribution is -2.22. The van der Waals surface area contributed by atoms with Gasteiger partial charge in [0.15, 0.2) is 0 Å². The molecule has 0 atom stereocenters. The lowest BCUT2D eigenvalue weighted by Gasteiger charge is -2.18. The van der Waals surface area contributed by atoms with Crippen LogP contribution in [0.2, 0.25) is 0 Å². The van der Waals surface area contributed by atoms with Crippen LogP contribution in [-0.2, 0) is 6.54 Å². The Hall–Kier alpha value is -1.40. The minimum absolute atomic E-state index is 0.281. The van der Waals surface area contributed by atoms with Crippen molar-refractivity contribution in [3.63, 3.8) is 0 Å². The summed E-state index contributed by atoms with van der Waals surface area (Å²) in [6.45, 7) is 6.53. The molecule has 0 N–H and O–H groups in total. The first-order valence-corrected chi connectivity index (χ1v) is 5.12. The molecule has 0 heterocycles. The first kappa shape index (κ1) is 11.7. The quantitative estimate of drug-likeness (QED) is 0.757. The summed E-state index contributed by atoms with van der Waals surface area (Å²) >= 11 is 0. The van der Waals surface area contributed by atoms with Gasteiger partial charge in [0.05, 0.1) is 11.6 Å². The largest absolute Gasteiger partial charge is 0.300 e. The van der Waals surface area contributed by atoms with Crippen LogP contribution in [0.5, 0.6) is 0 Å². The minimum Gasteiger partial charge on any atom is -0.300 e. The Morgan fingerprint density at radius 3 is 2.53 bits per heavy atom. The average molecular weight is 206 g/mol. The molecular weight excluding hydrogens is 191 g/mol. The van der Waals surface area contributed by atoms with E-state index in [4.69, 9.17) is 5.26 Å². The van der Waals surface area contributed by atoms with Crippen molar-refractivity contribution in [1.82, 2.24) is 4.90 Å². The predicted molar refractivity (Wildman–Crippen MR) is 57.7 cm³/mol. The standard InChI is InChI=1S/C12H15FN2/c1-3-15(4-2)9-11-7-12(13)6-5-10(11)8-14/h5-7H,3-4,9H2,1-2H3. The Morgan fingerprint density at radius 2 is 2.00 bits per heavy atom. The number of hydrogen-bond donors (Lipinski definition) is 0. The van der Waals surface area contributed by atoms with Gasteiger partial charge in [-0.05, 0) is 36.9 Å². The number of nitrogens with zero attached hydrogens (tertiary/aromatic N) is 2. The summed E-state index contributed by atoms with van der Waals surface area (Å²) in [6, 6.07) is 6.38. The Balaban J connectivity index is 2.92. The topological polar surface area (TPSA) is 27.0 Å². The van der Waals surface area contributed by atoms with Gasteiger partial charge in [-0.3, -0.25) is 4.90 Å². The zero-order valence-electron chi connectivity index (χ0n) is 9.13. The maximum atomic E-state index is 13.0. The number of benzene rings is 1. The van der Waals surface area contributed by atoms with E-state index in [0.29, 0.717) is 12.1 Å². The van der Waals surface area contributed by atoms with E-state index in [0.717, 1.165) is 18.7 Å². The molecule has 0 saturated carbocycles. The minimum atomic E-state index is -0.281. The molecule has 0 unspecified atom stereocenters. The first-order valence-electron chi connectivity index (χ1n) is 5.12. The molecule has 1 rings (SSSR count). The molecule has 1 aromatic carbocycles. The number of rotatable bonds is 4. The zero-order chi connectivity index (χ0) is 11.3. The van der Waals surface area contributed by atoms with Crippen molar-refractivity contribution < 1.29 is 4.39 Å². The Morgan fingerprint density at radius 1 is 1.33 bits per heavy atom. The highest BCUT2D eigenvalue weighted by Gasteiger charge is 2.07. The summed E-state index contributed by atoms with van der Waals surface area (Å²) in [7, 11) is 0. The predicted octanol–water partition coefficient (Wildman–Crippen LogP) is 2.54. The third-order valence-corrected chi connectivity index (χ3v) is 2.48. The molecule has 0 aliphatic rings. The van der Waals surface area contributed by atoms with Crippen LogP contribution in [0.3, 0.4) is 0 Å². The highest BCUT2D eigenvalue weighted by molar-refractivity contribution is 5.37. The fourth-order valence-corrected chi connectivity index (χ4v) is 1.49. The average Bonchev–Trinajstić information content (AvgIpc) is 2.26. The zero-order valence-corrected chi connectivity index (χ0v) is 9.13. The molecule has 0 amide bonds. The van der Waals surface area contributed by atoms with E-state index in [1.165, 1.54) is 18.2 Å². The second kappa shape index (κ2) is 5.47. The Kier molecular flexibility index (Phi) is 4.26. The van der Waals surface area contributed by atoms with E-state index in [-0.39, 0.29) is 5.82 Å².